The van der Waals surface area contributed by atoms with Crippen molar-refractivity contribution in [3.63, 3.8) is 0 Å². The molecule has 1 amide bonds. The van der Waals surface area contributed by atoms with Gasteiger partial charge in [0.05, 0.1) is 0 Å². The number of hydrogen-bond acceptors (Lipinski definition) is 6. The number of aromatic nitrogens is 4. The first-order chi connectivity index (χ1) is 13.0. The lowest BCUT2D eigenvalue weighted by Crippen LogP contribution is -2.33. The van der Waals surface area contributed by atoms with Crippen molar-refractivity contribution in [1.29, 1.82) is 0 Å². The molecule has 2 heterocycles. The van der Waals surface area contributed by atoms with Gasteiger partial charge in [-0.25, -0.2) is 4.79 Å². The molecule has 0 unspecified atom stereocenters. The van der Waals surface area contributed by atoms with Gasteiger partial charge in [-0.15, -0.1) is 0 Å². The van der Waals surface area contributed by atoms with E-state index in [4.69, 9.17) is 4.52 Å². The van der Waals surface area contributed by atoms with Crippen LogP contribution in [0.4, 0.5) is 0 Å². The molecule has 8 heteroatoms. The number of amides is 1. The molecule has 8 nitrogen and oxygen atoms in total. The lowest BCUT2D eigenvalue weighted by Gasteiger charge is -2.10. The summed E-state index contributed by atoms with van der Waals surface area (Å²) in [6, 6.07) is 11.3. The Morgan fingerprint density at radius 1 is 1.19 bits per heavy atom. The van der Waals surface area contributed by atoms with Gasteiger partial charge in [0.15, 0.2) is 0 Å². The highest BCUT2D eigenvalue weighted by Crippen LogP contribution is 2.15. The second-order valence-corrected chi connectivity index (χ2v) is 6.20. The Labute approximate surface area is 156 Å². The molecule has 0 spiro atoms. The van der Waals surface area contributed by atoms with Crippen molar-refractivity contribution in [2.45, 2.75) is 33.2 Å². The summed E-state index contributed by atoms with van der Waals surface area (Å²) < 4.78 is 6.73. The van der Waals surface area contributed by atoms with Crippen LogP contribution in [-0.4, -0.2) is 32.1 Å². The van der Waals surface area contributed by atoms with E-state index in [1.165, 1.54) is 4.57 Å². The van der Waals surface area contributed by atoms with Crippen LogP contribution in [-0.2, 0) is 17.8 Å². The summed E-state index contributed by atoms with van der Waals surface area (Å²) in [7, 11) is 0. The highest BCUT2D eigenvalue weighted by atomic mass is 16.5. The Morgan fingerprint density at radius 3 is 2.70 bits per heavy atom. The highest BCUT2D eigenvalue weighted by Gasteiger charge is 2.10. The van der Waals surface area contributed by atoms with E-state index in [0.29, 0.717) is 36.9 Å². The summed E-state index contributed by atoms with van der Waals surface area (Å²) in [4.78, 5) is 32.1. The molecular formula is C19H21N5O3. The van der Waals surface area contributed by atoms with Crippen molar-refractivity contribution >= 4 is 5.91 Å². The maximum atomic E-state index is 12.0. The van der Waals surface area contributed by atoms with Gasteiger partial charge in [-0.3, -0.25) is 9.36 Å². The molecule has 1 N–H and O–H groups in total. The molecule has 1 aromatic carbocycles. The van der Waals surface area contributed by atoms with Crippen molar-refractivity contribution in [2.24, 2.45) is 0 Å². The van der Waals surface area contributed by atoms with E-state index in [2.05, 4.69) is 20.4 Å². The van der Waals surface area contributed by atoms with E-state index >= 15 is 0 Å². The number of carbonyl (C=O) groups is 1. The number of rotatable bonds is 7. The monoisotopic (exact) mass is 367 g/mol. The third-order valence-electron chi connectivity index (χ3n) is 4.07. The molecule has 2 aromatic heterocycles. The van der Waals surface area contributed by atoms with Crippen molar-refractivity contribution < 1.29 is 9.32 Å². The highest BCUT2D eigenvalue weighted by molar-refractivity contribution is 5.75. The first-order valence-corrected chi connectivity index (χ1v) is 8.73. The van der Waals surface area contributed by atoms with Gasteiger partial charge in [-0.1, -0.05) is 35.5 Å². The van der Waals surface area contributed by atoms with Crippen LogP contribution in [0.15, 0.2) is 45.7 Å². The van der Waals surface area contributed by atoms with Crippen molar-refractivity contribution in [3.8, 4) is 11.4 Å². The zero-order valence-corrected chi connectivity index (χ0v) is 15.3. The molecule has 0 atom stereocenters. The standard InChI is InChI=1S/C19H21N5O3/c1-13-12-14(2)24(19(26)21-13)11-10-20-16(25)8-9-17-22-18(23-27-17)15-6-4-3-5-7-15/h3-7,12H,8-11H2,1-2H3,(H,20,25). The third kappa shape index (κ3) is 4.87. The van der Waals surface area contributed by atoms with E-state index < -0.39 is 0 Å². The summed E-state index contributed by atoms with van der Waals surface area (Å²) >= 11 is 0. The lowest BCUT2D eigenvalue weighted by atomic mass is 10.2. The quantitative estimate of drug-likeness (QED) is 0.681. The van der Waals surface area contributed by atoms with E-state index in [1.807, 2.05) is 43.3 Å². The molecule has 0 fully saturated rings. The Morgan fingerprint density at radius 2 is 1.96 bits per heavy atom. The van der Waals surface area contributed by atoms with Gasteiger partial charge in [0, 0.05) is 42.9 Å². The normalized spacial score (nSPS) is 10.7. The second kappa shape index (κ2) is 8.39. The Kier molecular flexibility index (Phi) is 5.75. The number of nitrogens with zero attached hydrogens (tertiary/aromatic N) is 4. The van der Waals surface area contributed by atoms with Gasteiger partial charge in [0.2, 0.25) is 17.6 Å². The first-order valence-electron chi connectivity index (χ1n) is 8.73. The minimum Gasteiger partial charge on any atom is -0.354 e. The zero-order chi connectivity index (χ0) is 19.2. The first kappa shape index (κ1) is 18.5. The molecule has 3 rings (SSSR count). The molecule has 0 saturated heterocycles. The molecule has 0 aliphatic carbocycles. The predicted molar refractivity (Wildman–Crippen MR) is 99.0 cm³/mol. The van der Waals surface area contributed by atoms with E-state index in [1.54, 1.807) is 6.92 Å². The van der Waals surface area contributed by atoms with Crippen LogP contribution in [0.1, 0.15) is 23.7 Å². The van der Waals surface area contributed by atoms with Crippen molar-refractivity contribution in [2.75, 3.05) is 6.54 Å². The van der Waals surface area contributed by atoms with E-state index in [-0.39, 0.29) is 18.0 Å². The van der Waals surface area contributed by atoms with Crippen LogP contribution < -0.4 is 11.0 Å². The topological polar surface area (TPSA) is 103 Å². The summed E-state index contributed by atoms with van der Waals surface area (Å²) in [5, 5.41) is 6.72. The van der Waals surface area contributed by atoms with Gasteiger partial charge in [-0.05, 0) is 19.9 Å². The van der Waals surface area contributed by atoms with Crippen molar-refractivity contribution in [3.05, 3.63) is 64.2 Å². The predicted octanol–water partition coefficient (Wildman–Crippen LogP) is 1.66. The number of benzene rings is 1. The fraction of sp³-hybridized carbons (Fsp3) is 0.316. The van der Waals surface area contributed by atoms with E-state index in [9.17, 15) is 9.59 Å². The molecule has 27 heavy (non-hydrogen) atoms. The molecule has 0 aliphatic rings. The summed E-state index contributed by atoms with van der Waals surface area (Å²) in [5.41, 5.74) is 2.07. The number of carbonyl (C=O) groups excluding carboxylic acids is 1. The molecule has 3 aromatic rings. The minimum atomic E-state index is -0.305. The fourth-order valence-electron chi connectivity index (χ4n) is 2.72. The number of aryl methyl sites for hydroxylation is 3. The lowest BCUT2D eigenvalue weighted by molar-refractivity contribution is -0.121. The Bertz CT molecular complexity index is 979. The molecular weight excluding hydrogens is 346 g/mol. The maximum Gasteiger partial charge on any atom is 0.348 e. The van der Waals surface area contributed by atoms with Crippen LogP contribution >= 0.6 is 0 Å². The molecule has 0 bridgehead atoms. The van der Waals surface area contributed by atoms with Crippen LogP contribution in [0.25, 0.3) is 11.4 Å². The minimum absolute atomic E-state index is 0.139. The van der Waals surface area contributed by atoms with Crippen molar-refractivity contribution in [1.82, 2.24) is 25.0 Å². The van der Waals surface area contributed by atoms with Gasteiger partial charge in [0.1, 0.15) is 0 Å². The van der Waals surface area contributed by atoms with E-state index in [0.717, 1.165) is 11.3 Å². The Balaban J connectivity index is 1.47. The SMILES string of the molecule is Cc1cc(C)n(CCNC(=O)CCc2nc(-c3ccccc3)no2)c(=O)n1. The molecule has 0 aliphatic heterocycles. The van der Waals surface area contributed by atoms with Crippen LogP contribution in [0, 0.1) is 13.8 Å². The second-order valence-electron chi connectivity index (χ2n) is 6.20. The summed E-state index contributed by atoms with van der Waals surface area (Å²) in [6.07, 6.45) is 0.590. The fourth-order valence-corrected chi connectivity index (χ4v) is 2.72. The number of hydrogen-bond donors (Lipinski definition) is 1. The Hall–Kier alpha value is -3.29. The number of nitrogens with one attached hydrogen (secondary N) is 1. The van der Waals surface area contributed by atoms with Gasteiger partial charge >= 0.3 is 5.69 Å². The van der Waals surface area contributed by atoms with Crippen LogP contribution in [0.3, 0.4) is 0 Å². The smallest absolute Gasteiger partial charge is 0.348 e. The van der Waals surface area contributed by atoms with Gasteiger partial charge in [-0.2, -0.15) is 9.97 Å². The van der Waals surface area contributed by atoms with Gasteiger partial charge < -0.3 is 9.84 Å². The van der Waals surface area contributed by atoms with Crippen LogP contribution in [0.2, 0.25) is 0 Å². The maximum absolute atomic E-state index is 12.0. The average Bonchev–Trinajstić information content (AvgIpc) is 3.12. The third-order valence-corrected chi connectivity index (χ3v) is 4.07. The largest absolute Gasteiger partial charge is 0.354 e. The summed E-state index contributed by atoms with van der Waals surface area (Å²) in [5.74, 6) is 0.784. The molecule has 0 radical (unpaired) electrons. The van der Waals surface area contributed by atoms with Crippen LogP contribution in [0.5, 0.6) is 0 Å². The molecule has 140 valence electrons. The van der Waals surface area contributed by atoms with Gasteiger partial charge in [0.25, 0.3) is 0 Å². The zero-order valence-electron chi connectivity index (χ0n) is 15.3. The summed E-state index contributed by atoms with van der Waals surface area (Å²) in [6.45, 7) is 4.35. The molecule has 0 saturated carbocycles. The average molecular weight is 367 g/mol.